The second-order valence-electron chi connectivity index (χ2n) is 3.92. The molecule has 0 bridgehead atoms. The number of amides is 1. The van der Waals surface area contributed by atoms with Crippen LogP contribution >= 0.6 is 0 Å². The normalized spacial score (nSPS) is 15.7. The van der Waals surface area contributed by atoms with Crippen LogP contribution in [0.25, 0.3) is 0 Å². The molecule has 1 amide bonds. The van der Waals surface area contributed by atoms with Crippen LogP contribution < -0.4 is 4.74 Å². The molecule has 1 aliphatic heterocycles. The summed E-state index contributed by atoms with van der Waals surface area (Å²) < 4.78 is 45.9. The van der Waals surface area contributed by atoms with Gasteiger partial charge in [0.05, 0.1) is 12.7 Å². The van der Waals surface area contributed by atoms with E-state index in [1.165, 1.54) is 27.1 Å². The Labute approximate surface area is 109 Å². The number of hydrogen-bond acceptors (Lipinski definition) is 4. The second-order valence-corrected chi connectivity index (χ2v) is 5.46. The van der Waals surface area contributed by atoms with E-state index in [-0.39, 0.29) is 17.1 Å². The molecule has 8 heteroatoms. The quantitative estimate of drug-likeness (QED) is 0.764. The lowest BCUT2D eigenvalue weighted by atomic mass is 10.1. The molecule has 0 fully saturated rings. The molecule has 0 radical (unpaired) electrons. The van der Waals surface area contributed by atoms with Gasteiger partial charge in [0, 0.05) is 14.0 Å². The summed E-state index contributed by atoms with van der Waals surface area (Å²) >= 11 is 0. The maximum atomic E-state index is 13.7. The smallest absolute Gasteiger partial charge is 0.288 e. The molecule has 0 spiro atoms. The molecular formula is C11H11FN2O4S. The summed E-state index contributed by atoms with van der Waals surface area (Å²) in [5.41, 5.74) is -0.0276. The molecule has 1 aliphatic rings. The standard InChI is InChI=1S/C11H11FN2O4S/c1-6(15)14(2)11-9-8(18-3)5-4-7(12)10(9)19(16,17)13-11/h4-5H,1-3H3. The summed E-state index contributed by atoms with van der Waals surface area (Å²) in [4.78, 5) is 11.8. The second kappa shape index (κ2) is 4.30. The summed E-state index contributed by atoms with van der Waals surface area (Å²) in [6.45, 7) is 1.25. The number of sulfonamides is 1. The predicted octanol–water partition coefficient (Wildman–Crippen LogP) is 0.762. The maximum absolute atomic E-state index is 13.7. The maximum Gasteiger partial charge on any atom is 0.288 e. The van der Waals surface area contributed by atoms with Crippen molar-refractivity contribution >= 4 is 21.8 Å². The predicted molar refractivity (Wildman–Crippen MR) is 65.1 cm³/mol. The molecule has 19 heavy (non-hydrogen) atoms. The largest absolute Gasteiger partial charge is 0.496 e. The highest BCUT2D eigenvalue weighted by atomic mass is 32.2. The number of carbonyl (C=O) groups excluding carboxylic acids is 1. The molecule has 2 rings (SSSR count). The van der Waals surface area contributed by atoms with E-state index >= 15 is 0 Å². The number of nitrogens with zero attached hydrogens (tertiary/aromatic N) is 2. The van der Waals surface area contributed by atoms with Gasteiger partial charge in [0.2, 0.25) is 5.91 Å². The van der Waals surface area contributed by atoms with Crippen molar-refractivity contribution in [3.8, 4) is 5.75 Å². The number of benzene rings is 1. The average molecular weight is 286 g/mol. The fourth-order valence-corrected chi connectivity index (χ4v) is 3.05. The summed E-state index contributed by atoms with van der Waals surface area (Å²) in [6.07, 6.45) is 0. The Morgan fingerprint density at radius 2 is 2.05 bits per heavy atom. The highest BCUT2D eigenvalue weighted by Gasteiger charge is 2.37. The molecule has 1 aromatic carbocycles. The minimum atomic E-state index is -4.16. The van der Waals surface area contributed by atoms with E-state index in [0.717, 1.165) is 11.0 Å². The first-order valence-corrected chi connectivity index (χ1v) is 6.69. The van der Waals surface area contributed by atoms with Gasteiger partial charge in [-0.25, -0.2) is 4.39 Å². The first-order valence-electron chi connectivity index (χ1n) is 5.25. The van der Waals surface area contributed by atoms with Crippen LogP contribution in [0.2, 0.25) is 0 Å². The van der Waals surface area contributed by atoms with Crippen LogP contribution in [0.4, 0.5) is 4.39 Å². The van der Waals surface area contributed by atoms with Crippen molar-refractivity contribution in [2.45, 2.75) is 11.8 Å². The van der Waals surface area contributed by atoms with E-state index in [2.05, 4.69) is 4.40 Å². The van der Waals surface area contributed by atoms with E-state index in [0.29, 0.717) is 0 Å². The number of rotatable bonds is 1. The van der Waals surface area contributed by atoms with Crippen LogP contribution in [0.5, 0.6) is 5.75 Å². The van der Waals surface area contributed by atoms with Gasteiger partial charge in [-0.1, -0.05) is 0 Å². The van der Waals surface area contributed by atoms with Crippen molar-refractivity contribution in [2.24, 2.45) is 4.40 Å². The summed E-state index contributed by atoms with van der Waals surface area (Å²) in [6, 6.07) is 2.28. The van der Waals surface area contributed by atoms with E-state index in [1.807, 2.05) is 0 Å². The molecule has 102 valence electrons. The zero-order valence-electron chi connectivity index (χ0n) is 10.5. The first-order chi connectivity index (χ1) is 8.79. The van der Waals surface area contributed by atoms with Gasteiger partial charge < -0.3 is 4.74 Å². The van der Waals surface area contributed by atoms with Gasteiger partial charge in [0.25, 0.3) is 10.0 Å². The van der Waals surface area contributed by atoms with Crippen LogP contribution in [-0.4, -0.2) is 39.2 Å². The van der Waals surface area contributed by atoms with E-state index < -0.39 is 26.6 Å². The lowest BCUT2D eigenvalue weighted by molar-refractivity contribution is -0.124. The Morgan fingerprint density at radius 1 is 1.42 bits per heavy atom. The van der Waals surface area contributed by atoms with Crippen LogP contribution in [0.1, 0.15) is 12.5 Å². The molecule has 0 unspecified atom stereocenters. The fraction of sp³-hybridized carbons (Fsp3) is 0.273. The van der Waals surface area contributed by atoms with Gasteiger partial charge >= 0.3 is 0 Å². The molecular weight excluding hydrogens is 275 g/mol. The monoisotopic (exact) mass is 286 g/mol. The molecule has 0 saturated carbocycles. The minimum absolute atomic E-state index is 0.0276. The van der Waals surface area contributed by atoms with Gasteiger partial charge in [0.1, 0.15) is 16.5 Å². The Kier molecular flexibility index (Phi) is 3.05. The van der Waals surface area contributed by atoms with Crippen LogP contribution in [0.3, 0.4) is 0 Å². The first kappa shape index (κ1) is 13.5. The molecule has 1 heterocycles. The highest BCUT2D eigenvalue weighted by Crippen LogP contribution is 2.36. The Bertz CT molecular complexity index is 697. The third-order valence-electron chi connectivity index (χ3n) is 2.77. The lowest BCUT2D eigenvalue weighted by Crippen LogP contribution is -2.31. The number of carbonyl (C=O) groups is 1. The van der Waals surface area contributed by atoms with Crippen LogP contribution in [0.15, 0.2) is 21.4 Å². The van der Waals surface area contributed by atoms with E-state index in [1.54, 1.807) is 0 Å². The average Bonchev–Trinajstić information content (AvgIpc) is 2.62. The number of hydrogen-bond donors (Lipinski definition) is 0. The molecule has 0 aromatic heterocycles. The molecule has 1 aromatic rings. The Balaban J connectivity index is 2.80. The minimum Gasteiger partial charge on any atom is -0.496 e. The molecule has 0 saturated heterocycles. The van der Waals surface area contributed by atoms with Gasteiger partial charge in [-0.2, -0.15) is 8.42 Å². The van der Waals surface area contributed by atoms with E-state index in [9.17, 15) is 17.6 Å². The van der Waals surface area contributed by atoms with Crippen molar-refractivity contribution < 1.29 is 22.3 Å². The highest BCUT2D eigenvalue weighted by molar-refractivity contribution is 7.90. The fourth-order valence-electron chi connectivity index (χ4n) is 1.76. The van der Waals surface area contributed by atoms with E-state index in [4.69, 9.17) is 4.74 Å². The molecule has 6 nitrogen and oxygen atoms in total. The third-order valence-corrected chi connectivity index (χ3v) is 4.10. The zero-order chi connectivity index (χ0) is 14.4. The van der Waals surface area contributed by atoms with Crippen molar-refractivity contribution in [3.63, 3.8) is 0 Å². The van der Waals surface area contributed by atoms with Crippen LogP contribution in [0, 0.1) is 5.82 Å². The number of fused-ring (bicyclic) bond motifs is 1. The number of halogens is 1. The summed E-state index contributed by atoms with van der Waals surface area (Å²) in [7, 11) is -1.48. The van der Waals surface area contributed by atoms with Gasteiger partial charge in [-0.15, -0.1) is 4.40 Å². The van der Waals surface area contributed by atoms with Crippen molar-refractivity contribution in [1.29, 1.82) is 0 Å². The number of methoxy groups -OCH3 is 1. The van der Waals surface area contributed by atoms with Gasteiger partial charge in [-0.05, 0) is 12.1 Å². The van der Waals surface area contributed by atoms with Crippen molar-refractivity contribution in [3.05, 3.63) is 23.5 Å². The topological polar surface area (TPSA) is 76.0 Å². The summed E-state index contributed by atoms with van der Waals surface area (Å²) in [5.74, 6) is -1.34. The Hall–Kier alpha value is -1.96. The Morgan fingerprint density at radius 3 is 2.58 bits per heavy atom. The van der Waals surface area contributed by atoms with Crippen molar-refractivity contribution in [2.75, 3.05) is 14.2 Å². The molecule has 0 aliphatic carbocycles. The van der Waals surface area contributed by atoms with Crippen molar-refractivity contribution in [1.82, 2.24) is 4.90 Å². The SMILES string of the molecule is COc1ccc(F)c2c1C(N(C)C(C)=O)=NS2(=O)=O. The zero-order valence-corrected chi connectivity index (χ0v) is 11.3. The number of ether oxygens (including phenoxy) is 1. The third kappa shape index (κ3) is 1.97. The number of amidine groups is 1. The van der Waals surface area contributed by atoms with Gasteiger partial charge in [-0.3, -0.25) is 9.69 Å². The molecule has 0 N–H and O–H groups in total. The van der Waals surface area contributed by atoms with Gasteiger partial charge in [0.15, 0.2) is 5.84 Å². The van der Waals surface area contributed by atoms with Crippen LogP contribution in [-0.2, 0) is 14.8 Å². The lowest BCUT2D eigenvalue weighted by Gasteiger charge is -2.16. The summed E-state index contributed by atoms with van der Waals surface area (Å²) in [5, 5.41) is 0. The molecule has 0 atom stereocenters.